The maximum Gasteiger partial charge on any atom is 0.425 e. The number of amidine groups is 1. The molecule has 0 bridgehead atoms. The van der Waals surface area contributed by atoms with Gasteiger partial charge in [0.1, 0.15) is 44.5 Å². The molecule has 14 heteroatoms. The summed E-state index contributed by atoms with van der Waals surface area (Å²) in [6.07, 6.45) is -1.66. The quantitative estimate of drug-likeness (QED) is 0.415. The zero-order chi connectivity index (χ0) is 34.6. The Hall–Kier alpha value is -4.20. The number of benzene rings is 1. The first-order valence-corrected chi connectivity index (χ1v) is 16.4. The highest BCUT2D eigenvalue weighted by atomic mass is 32.2. The van der Waals surface area contributed by atoms with Gasteiger partial charge in [0, 0.05) is 17.7 Å². The van der Waals surface area contributed by atoms with Gasteiger partial charge in [-0.2, -0.15) is 4.90 Å². The minimum Gasteiger partial charge on any atom is -0.506 e. The SMILES string of the molecule is CC1CC2C(C)(N=C(N(C(=O)OC(C)(C)C)C(=O)OC(C)(C)C)C(C)(C)S2(=O)=O)c2cc(NC(=O)c3ccc(O)cn3)ccc2O1. The Morgan fingerprint density at radius 3 is 2.11 bits per heavy atom. The molecule has 2 aliphatic heterocycles. The van der Waals surface area contributed by atoms with Gasteiger partial charge < -0.3 is 24.6 Å². The van der Waals surface area contributed by atoms with Gasteiger partial charge in [0.05, 0.1) is 17.6 Å². The molecule has 0 fully saturated rings. The van der Waals surface area contributed by atoms with Crippen LogP contribution in [-0.2, 0) is 24.8 Å². The molecule has 46 heavy (non-hydrogen) atoms. The summed E-state index contributed by atoms with van der Waals surface area (Å²) in [5, 5.41) is 11.1. The number of sulfone groups is 1. The highest BCUT2D eigenvalue weighted by molar-refractivity contribution is 7.94. The molecule has 0 spiro atoms. The third kappa shape index (κ3) is 6.67. The molecular formula is C32H42N4O9S. The number of aliphatic imine (C=N–C) groups is 1. The number of hydrogen-bond donors (Lipinski definition) is 2. The van der Waals surface area contributed by atoms with Gasteiger partial charge in [-0.1, -0.05) is 0 Å². The second-order valence-corrected chi connectivity index (χ2v) is 16.8. The number of ether oxygens (including phenoxy) is 3. The van der Waals surface area contributed by atoms with Gasteiger partial charge >= 0.3 is 12.2 Å². The van der Waals surface area contributed by atoms with Crippen LogP contribution in [0.2, 0.25) is 0 Å². The monoisotopic (exact) mass is 658 g/mol. The van der Waals surface area contributed by atoms with Crippen LogP contribution in [0.15, 0.2) is 41.5 Å². The highest BCUT2D eigenvalue weighted by Crippen LogP contribution is 2.50. The van der Waals surface area contributed by atoms with E-state index in [2.05, 4.69) is 10.3 Å². The van der Waals surface area contributed by atoms with Gasteiger partial charge in [0.2, 0.25) is 0 Å². The average Bonchev–Trinajstić information content (AvgIpc) is 3.00. The predicted octanol–water partition coefficient (Wildman–Crippen LogP) is 5.57. The number of carbonyl (C=O) groups excluding carboxylic acids is 3. The second-order valence-electron chi connectivity index (χ2n) is 14.2. The normalized spacial score (nSPS) is 23.3. The van der Waals surface area contributed by atoms with Crippen LogP contribution in [0.5, 0.6) is 11.5 Å². The molecule has 0 radical (unpaired) electrons. The maximum absolute atomic E-state index is 14.6. The summed E-state index contributed by atoms with van der Waals surface area (Å²) in [6.45, 7) is 15.8. The van der Waals surface area contributed by atoms with Crippen LogP contribution in [-0.4, -0.2) is 74.6 Å². The number of pyridine rings is 1. The summed E-state index contributed by atoms with van der Waals surface area (Å²) in [4.78, 5) is 49.8. The van der Waals surface area contributed by atoms with Crippen LogP contribution in [0, 0.1) is 0 Å². The summed E-state index contributed by atoms with van der Waals surface area (Å²) in [5.74, 6) is -0.740. The molecule has 3 amide bonds. The van der Waals surface area contributed by atoms with Crippen LogP contribution >= 0.6 is 0 Å². The van der Waals surface area contributed by atoms with E-state index in [1.54, 1.807) is 73.6 Å². The minimum absolute atomic E-state index is 0.0365. The van der Waals surface area contributed by atoms with E-state index in [0.717, 1.165) is 6.20 Å². The molecular weight excluding hydrogens is 616 g/mol. The molecule has 1 aromatic carbocycles. The van der Waals surface area contributed by atoms with Crippen molar-refractivity contribution in [3.05, 3.63) is 47.8 Å². The fraction of sp³-hybridized carbons (Fsp3) is 0.531. The first kappa shape index (κ1) is 34.7. The zero-order valence-electron chi connectivity index (χ0n) is 27.8. The number of nitrogens with zero attached hydrogens (tertiary/aromatic N) is 3. The molecule has 3 atom stereocenters. The molecule has 4 rings (SSSR count). The summed E-state index contributed by atoms with van der Waals surface area (Å²) < 4.78 is 44.7. The van der Waals surface area contributed by atoms with Gasteiger partial charge in [0.25, 0.3) is 5.91 Å². The van der Waals surface area contributed by atoms with Crippen LogP contribution < -0.4 is 10.1 Å². The topological polar surface area (TPSA) is 174 Å². The Balaban J connectivity index is 1.94. The number of amides is 3. The van der Waals surface area contributed by atoms with Crippen LogP contribution in [0.3, 0.4) is 0 Å². The number of anilines is 1. The van der Waals surface area contributed by atoms with Crippen LogP contribution in [0.1, 0.15) is 91.7 Å². The lowest BCUT2D eigenvalue weighted by Gasteiger charge is -2.46. The van der Waals surface area contributed by atoms with Crippen molar-refractivity contribution in [3.8, 4) is 11.5 Å². The van der Waals surface area contributed by atoms with E-state index >= 15 is 0 Å². The number of rotatable bonds is 2. The number of nitrogens with one attached hydrogen (secondary N) is 1. The Morgan fingerprint density at radius 2 is 1.59 bits per heavy atom. The number of aromatic hydroxyl groups is 1. The standard InChI is InChI=1S/C32H42N4O9S/c1-18-15-24-32(10,21-16-19(11-14-23(21)43-18)34-25(38)22-13-12-20(37)17-33-22)35-26(31(8,9)46(24,41)42)36(27(39)44-29(2,3)4)28(40)45-30(5,6)7/h11-14,16-18,24,37H,15H2,1-10H3,(H,34,38). The molecule has 13 nitrogen and oxygen atoms in total. The molecule has 2 N–H and O–H groups in total. The summed E-state index contributed by atoms with van der Waals surface area (Å²) >= 11 is 0. The fourth-order valence-corrected chi connectivity index (χ4v) is 7.78. The molecule has 0 aliphatic carbocycles. The van der Waals surface area contributed by atoms with Crippen molar-refractivity contribution in [3.63, 3.8) is 0 Å². The Morgan fingerprint density at radius 1 is 1.00 bits per heavy atom. The van der Waals surface area contributed by atoms with Crippen molar-refractivity contribution in [2.24, 2.45) is 4.99 Å². The van der Waals surface area contributed by atoms with Crippen LogP contribution in [0.4, 0.5) is 15.3 Å². The van der Waals surface area contributed by atoms with Crippen molar-refractivity contribution in [2.75, 3.05) is 5.32 Å². The van der Waals surface area contributed by atoms with Gasteiger partial charge in [-0.15, -0.1) is 0 Å². The average molecular weight is 659 g/mol. The largest absolute Gasteiger partial charge is 0.506 e. The predicted molar refractivity (Wildman–Crippen MR) is 171 cm³/mol. The van der Waals surface area contributed by atoms with Crippen molar-refractivity contribution in [1.29, 1.82) is 0 Å². The molecule has 2 aliphatic rings. The molecule has 0 saturated carbocycles. The van der Waals surface area contributed by atoms with Crippen molar-refractivity contribution < 1.29 is 42.1 Å². The lowest BCUT2D eigenvalue weighted by molar-refractivity contribution is 0.0138. The van der Waals surface area contributed by atoms with E-state index in [4.69, 9.17) is 19.2 Å². The van der Waals surface area contributed by atoms with E-state index in [1.165, 1.54) is 26.0 Å². The van der Waals surface area contributed by atoms with Gasteiger partial charge in [-0.05, 0) is 99.6 Å². The Bertz CT molecular complexity index is 1660. The van der Waals surface area contributed by atoms with E-state index in [0.29, 0.717) is 16.2 Å². The van der Waals surface area contributed by atoms with Crippen molar-refractivity contribution in [1.82, 2.24) is 9.88 Å². The Labute approximate surface area is 269 Å². The number of imide groups is 1. The fourth-order valence-electron chi connectivity index (χ4n) is 5.37. The minimum atomic E-state index is -4.24. The number of aromatic nitrogens is 1. The molecule has 3 heterocycles. The molecule has 2 aromatic rings. The second kappa shape index (κ2) is 11.6. The van der Waals surface area contributed by atoms with Crippen LogP contribution in [0.25, 0.3) is 0 Å². The van der Waals surface area contributed by atoms with E-state index < -0.39 is 60.8 Å². The van der Waals surface area contributed by atoms with Gasteiger partial charge in [-0.25, -0.2) is 23.0 Å². The third-order valence-electron chi connectivity index (χ3n) is 7.59. The van der Waals surface area contributed by atoms with Gasteiger partial charge in [-0.3, -0.25) is 9.79 Å². The zero-order valence-corrected chi connectivity index (χ0v) is 28.6. The van der Waals surface area contributed by atoms with Gasteiger partial charge in [0.15, 0.2) is 9.84 Å². The Kier molecular flexibility index (Phi) is 8.71. The van der Waals surface area contributed by atoms with E-state index in [9.17, 15) is 27.9 Å². The summed E-state index contributed by atoms with van der Waals surface area (Å²) in [7, 11) is -4.24. The third-order valence-corrected chi connectivity index (χ3v) is 10.6. The first-order chi connectivity index (χ1) is 21.0. The maximum atomic E-state index is 14.6. The summed E-state index contributed by atoms with van der Waals surface area (Å²) in [6, 6.07) is 7.42. The molecule has 3 unspecified atom stereocenters. The lowest BCUT2D eigenvalue weighted by atomic mass is 9.85. The van der Waals surface area contributed by atoms with E-state index in [-0.39, 0.29) is 29.4 Å². The van der Waals surface area contributed by atoms with Crippen molar-refractivity contribution >= 4 is 39.5 Å². The lowest BCUT2D eigenvalue weighted by Crippen LogP contribution is -2.64. The smallest absolute Gasteiger partial charge is 0.425 e. The molecule has 1 aromatic heterocycles. The molecule has 250 valence electrons. The number of hydrogen-bond acceptors (Lipinski definition) is 11. The van der Waals surface area contributed by atoms with Crippen molar-refractivity contribution in [2.45, 2.75) is 109 Å². The number of carbonyl (C=O) groups is 3. The summed E-state index contributed by atoms with van der Waals surface area (Å²) in [5.41, 5.74) is -3.06. The molecule has 0 saturated heterocycles. The van der Waals surface area contributed by atoms with E-state index in [1.807, 2.05) is 0 Å². The number of fused-ring (bicyclic) bond motifs is 3. The highest BCUT2D eigenvalue weighted by Gasteiger charge is 2.61. The first-order valence-electron chi connectivity index (χ1n) is 14.8.